The van der Waals surface area contributed by atoms with Crippen molar-refractivity contribution in [2.45, 2.75) is 24.1 Å². The van der Waals surface area contributed by atoms with Gasteiger partial charge in [0.2, 0.25) is 15.9 Å². The van der Waals surface area contributed by atoms with Gasteiger partial charge in [-0.2, -0.15) is 0 Å². The number of sulfonamides is 1. The van der Waals surface area contributed by atoms with Crippen LogP contribution in [0.2, 0.25) is 0 Å². The van der Waals surface area contributed by atoms with E-state index in [4.69, 9.17) is 16.7 Å². The fraction of sp³-hybridized carbons (Fsp3) is 0.273. The molecule has 0 aliphatic carbocycles. The Kier molecular flexibility index (Phi) is 7.37. The number of carbonyl (C=O) groups excluding carboxylic acids is 2. The van der Waals surface area contributed by atoms with Crippen molar-refractivity contribution in [3.8, 4) is 0 Å². The van der Waals surface area contributed by atoms with E-state index in [9.17, 15) is 18.0 Å². The van der Waals surface area contributed by atoms with Gasteiger partial charge in [0.15, 0.2) is 5.78 Å². The zero-order valence-electron chi connectivity index (χ0n) is 10.3. The molecule has 0 aromatic heterocycles. The zero-order chi connectivity index (χ0) is 14.8. The monoisotopic (exact) mass is 328 g/mol. The Morgan fingerprint density at radius 2 is 1.90 bits per heavy atom. The number of hydrogen-bond acceptors (Lipinski definition) is 4. The molecule has 3 N–H and O–H groups in total. The summed E-state index contributed by atoms with van der Waals surface area (Å²) in [6.07, 6.45) is 0. The molecule has 1 atom stereocenters. The van der Waals surface area contributed by atoms with Crippen LogP contribution in [0.15, 0.2) is 23.1 Å². The van der Waals surface area contributed by atoms with E-state index in [1.807, 2.05) is 0 Å². The number of anilines is 1. The normalized spacial score (nSPS) is 12.2. The molecule has 0 spiro atoms. The van der Waals surface area contributed by atoms with Gasteiger partial charge in [0.25, 0.3) is 0 Å². The van der Waals surface area contributed by atoms with Gasteiger partial charge in [0, 0.05) is 12.5 Å². The third kappa shape index (κ3) is 5.16. The van der Waals surface area contributed by atoms with Gasteiger partial charge in [-0.05, 0) is 25.1 Å². The second kappa shape index (κ2) is 7.53. The Bertz CT molecular complexity index is 631. The Hall–Kier alpha value is -0.440. The van der Waals surface area contributed by atoms with Crippen LogP contribution in [0.25, 0.3) is 0 Å². The van der Waals surface area contributed by atoms with Crippen molar-refractivity contribution in [3.63, 3.8) is 0 Å². The van der Waals surface area contributed by atoms with Gasteiger partial charge in [-0.25, -0.2) is 13.6 Å². The number of hydrogen-bond donors (Lipinski definition) is 2. The van der Waals surface area contributed by atoms with Crippen LogP contribution in [0.1, 0.15) is 24.2 Å². The quantitative estimate of drug-likeness (QED) is 0.475. The van der Waals surface area contributed by atoms with Gasteiger partial charge in [0.05, 0.1) is 11.1 Å². The van der Waals surface area contributed by atoms with Gasteiger partial charge in [-0.15, -0.1) is 11.6 Å². The van der Waals surface area contributed by atoms with E-state index in [1.54, 1.807) is 0 Å². The van der Waals surface area contributed by atoms with Crippen LogP contribution >= 0.6 is 11.6 Å². The summed E-state index contributed by atoms with van der Waals surface area (Å²) in [4.78, 5) is 22.4. The summed E-state index contributed by atoms with van der Waals surface area (Å²) < 4.78 is 22.9. The van der Waals surface area contributed by atoms with Gasteiger partial charge in [-0.1, -0.05) is 0 Å². The maximum absolute atomic E-state index is 11.7. The molecule has 0 saturated carbocycles. The van der Waals surface area contributed by atoms with Crippen molar-refractivity contribution in [2.75, 3.05) is 5.32 Å². The molecule has 1 aromatic rings. The van der Waals surface area contributed by atoms with E-state index in [-0.39, 0.29) is 45.7 Å². The third-order valence-corrected chi connectivity index (χ3v) is 3.39. The van der Waals surface area contributed by atoms with Crippen LogP contribution in [-0.2, 0) is 14.8 Å². The van der Waals surface area contributed by atoms with E-state index in [2.05, 4.69) is 5.32 Å². The number of halogens is 1. The van der Waals surface area contributed by atoms with Crippen molar-refractivity contribution >= 4 is 68.6 Å². The van der Waals surface area contributed by atoms with Crippen LogP contribution < -0.4 is 10.5 Å². The first-order valence-electron chi connectivity index (χ1n) is 5.25. The molecule has 1 rings (SSSR count). The number of nitrogens with two attached hydrogens (primary N) is 1. The Morgan fingerprint density at radius 1 is 1.35 bits per heavy atom. The van der Waals surface area contributed by atoms with Gasteiger partial charge < -0.3 is 5.32 Å². The maximum atomic E-state index is 11.7. The topological polar surface area (TPSA) is 106 Å². The van der Waals surface area contributed by atoms with Gasteiger partial charge in [0.1, 0.15) is 4.90 Å². The number of benzene rings is 1. The predicted molar refractivity (Wildman–Crippen MR) is 78.9 cm³/mol. The number of ketones is 1. The number of amides is 1. The standard InChI is InChI=1S/C11H13ClN2O4S.Na.H/c1-6(12)11(16)8-3-4-9(14-7(2)15)10(5-8)19(13,17)18;;/h3-6H,1-2H3,(H,14,15)(H2,13,17,18);;. The van der Waals surface area contributed by atoms with E-state index in [1.165, 1.54) is 26.0 Å². The molecule has 0 fully saturated rings. The Balaban J connectivity index is 0.00000361. The SMILES string of the molecule is CC(=O)Nc1ccc(C(=O)C(C)Cl)cc1S(N)(=O)=O.[NaH]. The number of alkyl halides is 1. The third-order valence-electron chi connectivity index (χ3n) is 2.24. The first-order valence-corrected chi connectivity index (χ1v) is 7.24. The van der Waals surface area contributed by atoms with Crippen molar-refractivity contribution in [2.24, 2.45) is 5.14 Å². The molecule has 106 valence electrons. The number of carbonyl (C=O) groups is 2. The second-order valence-electron chi connectivity index (χ2n) is 3.92. The molecular formula is C11H14ClN2NaO4S. The van der Waals surface area contributed by atoms with E-state index < -0.39 is 27.1 Å². The Labute approximate surface area is 144 Å². The molecule has 1 aromatic carbocycles. The molecular weight excluding hydrogens is 315 g/mol. The Morgan fingerprint density at radius 3 is 2.30 bits per heavy atom. The van der Waals surface area contributed by atoms with E-state index in [0.29, 0.717) is 0 Å². The molecule has 1 unspecified atom stereocenters. The fourth-order valence-electron chi connectivity index (χ4n) is 1.43. The summed E-state index contributed by atoms with van der Waals surface area (Å²) in [5, 5.41) is 6.60. The average Bonchev–Trinajstić information content (AvgIpc) is 2.26. The molecule has 0 saturated heterocycles. The molecule has 9 heteroatoms. The second-order valence-corrected chi connectivity index (χ2v) is 6.10. The predicted octanol–water partition coefficient (Wildman–Crippen LogP) is 0.454. The first-order chi connectivity index (χ1) is 8.62. The van der Waals surface area contributed by atoms with Crippen molar-refractivity contribution in [1.29, 1.82) is 0 Å². The number of rotatable bonds is 4. The van der Waals surface area contributed by atoms with Crippen molar-refractivity contribution < 1.29 is 18.0 Å². The van der Waals surface area contributed by atoms with Crippen LogP contribution in [0.3, 0.4) is 0 Å². The number of primary sulfonamides is 1. The molecule has 6 nitrogen and oxygen atoms in total. The molecule has 20 heavy (non-hydrogen) atoms. The summed E-state index contributed by atoms with van der Waals surface area (Å²) in [6.45, 7) is 2.70. The summed E-state index contributed by atoms with van der Waals surface area (Å²) in [5.41, 5.74) is 0.134. The van der Waals surface area contributed by atoms with Gasteiger partial charge >= 0.3 is 29.6 Å². The molecule has 1 amide bonds. The number of nitrogens with one attached hydrogen (secondary N) is 1. The zero-order valence-corrected chi connectivity index (χ0v) is 11.9. The summed E-state index contributed by atoms with van der Waals surface area (Å²) in [6, 6.07) is 3.77. The van der Waals surface area contributed by atoms with E-state index in [0.717, 1.165) is 6.07 Å². The van der Waals surface area contributed by atoms with Crippen LogP contribution in [-0.4, -0.2) is 55.0 Å². The molecule has 0 heterocycles. The number of Topliss-reactive ketones (excluding diaryl/α,β-unsaturated/α-hetero) is 1. The molecule has 0 radical (unpaired) electrons. The summed E-state index contributed by atoms with van der Waals surface area (Å²) >= 11 is 5.65. The molecule has 0 aliphatic heterocycles. The fourth-order valence-corrected chi connectivity index (χ4v) is 2.28. The minimum atomic E-state index is -4.07. The molecule has 0 bridgehead atoms. The first kappa shape index (κ1) is 19.6. The van der Waals surface area contributed by atoms with Gasteiger partial charge in [-0.3, -0.25) is 9.59 Å². The van der Waals surface area contributed by atoms with Crippen molar-refractivity contribution in [1.82, 2.24) is 0 Å². The van der Waals surface area contributed by atoms with Crippen LogP contribution in [0.5, 0.6) is 0 Å². The van der Waals surface area contributed by atoms with Crippen molar-refractivity contribution in [3.05, 3.63) is 23.8 Å². The van der Waals surface area contributed by atoms with Crippen LogP contribution in [0, 0.1) is 0 Å². The summed E-state index contributed by atoms with van der Waals surface area (Å²) in [5.74, 6) is -0.879. The van der Waals surface area contributed by atoms with Crippen LogP contribution in [0.4, 0.5) is 5.69 Å². The minimum absolute atomic E-state index is 0. The average molecular weight is 329 g/mol. The summed E-state index contributed by atoms with van der Waals surface area (Å²) in [7, 11) is -4.07. The van der Waals surface area contributed by atoms with E-state index >= 15 is 0 Å². The molecule has 0 aliphatic rings.